The van der Waals surface area contributed by atoms with Gasteiger partial charge in [-0.25, -0.2) is 4.98 Å². The van der Waals surface area contributed by atoms with Crippen LogP contribution in [0.15, 0.2) is 29.3 Å². The highest BCUT2D eigenvalue weighted by Gasteiger charge is 2.50. The van der Waals surface area contributed by atoms with Crippen LogP contribution in [0.4, 0.5) is 0 Å². The highest BCUT2D eigenvalue weighted by Crippen LogP contribution is 2.57. The van der Waals surface area contributed by atoms with Crippen molar-refractivity contribution in [1.29, 1.82) is 0 Å². The molecule has 4 aliphatic carbocycles. The SMILES string of the molecule is C(=NC12CC3CC(CC(C3)C1)C2)c1nc2ccccc2[nH]1. The van der Waals surface area contributed by atoms with Crippen LogP contribution < -0.4 is 0 Å². The van der Waals surface area contributed by atoms with Crippen LogP contribution in [-0.2, 0) is 0 Å². The van der Waals surface area contributed by atoms with Crippen molar-refractivity contribution in [3.63, 3.8) is 0 Å². The van der Waals surface area contributed by atoms with Crippen LogP contribution in [0.5, 0.6) is 0 Å². The van der Waals surface area contributed by atoms with Crippen LogP contribution in [0, 0.1) is 17.8 Å². The van der Waals surface area contributed by atoms with Gasteiger partial charge in [0.05, 0.1) is 22.8 Å². The molecule has 0 spiro atoms. The van der Waals surface area contributed by atoms with Crippen molar-refractivity contribution >= 4 is 17.2 Å². The molecule has 0 saturated heterocycles. The molecule has 0 unspecified atom stereocenters. The van der Waals surface area contributed by atoms with Crippen molar-refractivity contribution in [2.75, 3.05) is 0 Å². The maximum atomic E-state index is 5.06. The van der Waals surface area contributed by atoms with Gasteiger partial charge in [-0.2, -0.15) is 0 Å². The summed E-state index contributed by atoms with van der Waals surface area (Å²) in [6.45, 7) is 0. The van der Waals surface area contributed by atoms with Crippen LogP contribution in [0.25, 0.3) is 11.0 Å². The summed E-state index contributed by atoms with van der Waals surface area (Å²) in [7, 11) is 0. The Bertz CT molecular complexity index is 644. The standard InChI is InChI=1S/C18H21N3/c1-2-4-16-15(3-1)20-17(21-16)11-19-18-8-12-5-13(9-18)7-14(6-12)10-18/h1-4,11-14H,5-10H2,(H,20,21). The first kappa shape index (κ1) is 12.0. The van der Waals surface area contributed by atoms with Crippen molar-refractivity contribution in [3.8, 4) is 0 Å². The summed E-state index contributed by atoms with van der Waals surface area (Å²) in [5.41, 5.74) is 2.38. The van der Waals surface area contributed by atoms with E-state index in [9.17, 15) is 0 Å². The third kappa shape index (κ3) is 1.94. The maximum Gasteiger partial charge on any atom is 0.149 e. The van der Waals surface area contributed by atoms with Crippen molar-refractivity contribution in [1.82, 2.24) is 9.97 Å². The lowest BCUT2D eigenvalue weighted by Crippen LogP contribution is -2.49. The molecule has 3 heteroatoms. The zero-order valence-corrected chi connectivity index (χ0v) is 12.3. The molecule has 3 nitrogen and oxygen atoms in total. The number of hydrogen-bond acceptors (Lipinski definition) is 2. The minimum absolute atomic E-state index is 0.244. The van der Waals surface area contributed by atoms with Gasteiger partial charge in [-0.05, 0) is 68.4 Å². The number of H-pyrrole nitrogens is 1. The summed E-state index contributed by atoms with van der Waals surface area (Å²) in [6.07, 6.45) is 10.4. The largest absolute Gasteiger partial charge is 0.337 e. The Labute approximate surface area is 124 Å². The van der Waals surface area contributed by atoms with Crippen LogP contribution in [0.1, 0.15) is 44.3 Å². The molecule has 0 aliphatic heterocycles. The molecule has 4 bridgehead atoms. The second-order valence-corrected chi connectivity index (χ2v) is 7.54. The average Bonchev–Trinajstić information content (AvgIpc) is 2.87. The number of nitrogens with one attached hydrogen (secondary N) is 1. The average molecular weight is 279 g/mol. The lowest BCUT2D eigenvalue weighted by Gasteiger charge is -2.54. The van der Waals surface area contributed by atoms with Gasteiger partial charge in [-0.1, -0.05) is 12.1 Å². The van der Waals surface area contributed by atoms with Gasteiger partial charge >= 0.3 is 0 Å². The van der Waals surface area contributed by atoms with E-state index in [-0.39, 0.29) is 5.54 Å². The number of nitrogens with zero attached hydrogens (tertiary/aromatic N) is 2. The second kappa shape index (κ2) is 4.19. The van der Waals surface area contributed by atoms with Gasteiger partial charge in [-0.15, -0.1) is 0 Å². The van der Waals surface area contributed by atoms with Gasteiger partial charge < -0.3 is 4.98 Å². The normalized spacial score (nSPS) is 37.8. The third-order valence-corrected chi connectivity index (χ3v) is 5.87. The molecule has 1 N–H and O–H groups in total. The van der Waals surface area contributed by atoms with Gasteiger partial charge in [-0.3, -0.25) is 4.99 Å². The molecule has 0 amide bonds. The van der Waals surface area contributed by atoms with E-state index < -0.39 is 0 Å². The number of hydrogen-bond donors (Lipinski definition) is 1. The Morgan fingerprint density at radius 3 is 2.38 bits per heavy atom. The molecule has 0 atom stereocenters. The highest BCUT2D eigenvalue weighted by atomic mass is 15.0. The first-order valence-electron chi connectivity index (χ1n) is 8.28. The van der Waals surface area contributed by atoms with E-state index in [0.717, 1.165) is 34.6 Å². The number of rotatable bonds is 2. The number of para-hydroxylation sites is 2. The molecular formula is C18H21N3. The number of aromatic nitrogens is 2. The van der Waals surface area contributed by atoms with Crippen LogP contribution in [0.3, 0.4) is 0 Å². The summed E-state index contributed by atoms with van der Waals surface area (Å²) >= 11 is 0. The Morgan fingerprint density at radius 1 is 1.05 bits per heavy atom. The first-order chi connectivity index (χ1) is 10.3. The number of aromatic amines is 1. The van der Waals surface area contributed by atoms with Gasteiger partial charge in [0, 0.05) is 0 Å². The van der Waals surface area contributed by atoms with E-state index in [1.807, 2.05) is 24.4 Å². The lowest BCUT2D eigenvalue weighted by atomic mass is 9.53. The summed E-state index contributed by atoms with van der Waals surface area (Å²) < 4.78 is 0. The highest BCUT2D eigenvalue weighted by molar-refractivity contribution is 5.84. The summed E-state index contributed by atoms with van der Waals surface area (Å²) in [6, 6.07) is 8.20. The molecule has 4 saturated carbocycles. The molecule has 4 fully saturated rings. The predicted molar refractivity (Wildman–Crippen MR) is 84.6 cm³/mol. The molecule has 0 radical (unpaired) electrons. The van der Waals surface area contributed by atoms with Crippen molar-refractivity contribution in [3.05, 3.63) is 30.1 Å². The van der Waals surface area contributed by atoms with Gasteiger partial charge in [0.1, 0.15) is 5.82 Å². The van der Waals surface area contributed by atoms with Gasteiger partial charge in [0.15, 0.2) is 0 Å². The van der Waals surface area contributed by atoms with E-state index in [2.05, 4.69) is 16.0 Å². The maximum absolute atomic E-state index is 5.06. The third-order valence-electron chi connectivity index (χ3n) is 5.87. The minimum Gasteiger partial charge on any atom is -0.337 e. The van der Waals surface area contributed by atoms with E-state index in [1.165, 1.54) is 38.5 Å². The number of aliphatic imine (C=N–C) groups is 1. The zero-order valence-electron chi connectivity index (χ0n) is 12.3. The fraction of sp³-hybridized carbons (Fsp3) is 0.556. The lowest BCUT2D eigenvalue weighted by molar-refractivity contribution is 0.00193. The molecule has 21 heavy (non-hydrogen) atoms. The monoisotopic (exact) mass is 279 g/mol. The first-order valence-corrected chi connectivity index (χ1v) is 8.28. The molecule has 108 valence electrons. The summed E-state index contributed by atoms with van der Waals surface area (Å²) in [4.78, 5) is 13.1. The fourth-order valence-electron chi connectivity index (χ4n) is 5.45. The predicted octanol–water partition coefficient (Wildman–Crippen LogP) is 3.95. The summed E-state index contributed by atoms with van der Waals surface area (Å²) in [5.74, 6) is 3.75. The van der Waals surface area contributed by atoms with E-state index in [1.54, 1.807) is 0 Å². The number of benzene rings is 1. The molecule has 1 aromatic heterocycles. The molecule has 2 aromatic rings. The van der Waals surface area contributed by atoms with Crippen LogP contribution in [0.2, 0.25) is 0 Å². The van der Waals surface area contributed by atoms with Gasteiger partial charge in [0.2, 0.25) is 0 Å². The topological polar surface area (TPSA) is 41.0 Å². The van der Waals surface area contributed by atoms with Crippen molar-refractivity contribution in [2.45, 2.75) is 44.1 Å². The van der Waals surface area contributed by atoms with Gasteiger partial charge in [0.25, 0.3) is 0 Å². The Balaban J connectivity index is 1.46. The smallest absolute Gasteiger partial charge is 0.149 e. The zero-order chi connectivity index (χ0) is 13.9. The van der Waals surface area contributed by atoms with Crippen molar-refractivity contribution < 1.29 is 0 Å². The Kier molecular flexibility index (Phi) is 2.38. The van der Waals surface area contributed by atoms with E-state index >= 15 is 0 Å². The Hall–Kier alpha value is -1.64. The molecule has 1 aromatic carbocycles. The quantitative estimate of drug-likeness (QED) is 0.831. The van der Waals surface area contributed by atoms with Crippen molar-refractivity contribution in [2.24, 2.45) is 22.7 Å². The molecule has 4 aliphatic rings. The van der Waals surface area contributed by atoms with E-state index in [0.29, 0.717) is 0 Å². The van der Waals surface area contributed by atoms with E-state index in [4.69, 9.17) is 4.99 Å². The second-order valence-electron chi connectivity index (χ2n) is 7.54. The molecule has 6 rings (SSSR count). The Morgan fingerprint density at radius 2 is 1.71 bits per heavy atom. The number of imidazole rings is 1. The molecular weight excluding hydrogens is 258 g/mol. The fourth-order valence-corrected chi connectivity index (χ4v) is 5.45. The summed E-state index contributed by atoms with van der Waals surface area (Å²) in [5, 5.41) is 0. The minimum atomic E-state index is 0.244. The van der Waals surface area contributed by atoms with Crippen LogP contribution in [-0.4, -0.2) is 21.7 Å². The number of fused-ring (bicyclic) bond motifs is 1. The van der Waals surface area contributed by atoms with Crippen LogP contribution >= 0.6 is 0 Å². The molecule has 1 heterocycles.